The number of carbonyl (C=O) groups is 2. The number of alkyl carbamates (subject to hydrolysis) is 1. The molecule has 2 aromatic rings. The van der Waals surface area contributed by atoms with Crippen LogP contribution in [0.4, 0.5) is 83.8 Å². The molecule has 0 saturated carbocycles. The van der Waals surface area contributed by atoms with Gasteiger partial charge < -0.3 is 15.2 Å². The third-order valence-corrected chi connectivity index (χ3v) is 8.23. The van der Waals surface area contributed by atoms with Gasteiger partial charge in [-0.2, -0.15) is 79.0 Å². The number of aliphatic carboxylic acids is 1. The number of fused-ring (bicyclic) bond motifs is 3. The number of nitrogens with one attached hydrogen (secondary N) is 1. The van der Waals surface area contributed by atoms with Crippen LogP contribution in [0.15, 0.2) is 36.4 Å². The van der Waals surface area contributed by atoms with Crippen molar-refractivity contribution in [3.63, 3.8) is 0 Å². The molecule has 5 nitrogen and oxygen atoms in total. The lowest BCUT2D eigenvalue weighted by Gasteiger charge is -2.33. The van der Waals surface area contributed by atoms with Gasteiger partial charge in [0, 0.05) is 18.8 Å². The maximum Gasteiger partial charge on any atom is 0.460 e. The molecule has 1 aliphatic carbocycles. The molecule has 1 atom stereocenters. The van der Waals surface area contributed by atoms with Gasteiger partial charge in [0.15, 0.2) is 0 Å². The average molecular weight is 803 g/mol. The van der Waals surface area contributed by atoms with Crippen LogP contribution in [-0.2, 0) is 22.4 Å². The quantitative estimate of drug-likeness (QED) is 0.187. The molecular weight excluding hydrogens is 780 g/mol. The van der Waals surface area contributed by atoms with Crippen LogP contribution in [0.25, 0.3) is 11.1 Å². The highest BCUT2D eigenvalue weighted by Crippen LogP contribution is 2.56. The zero-order chi connectivity index (χ0) is 41.0. The average Bonchev–Trinajstić information content (AvgIpc) is 3.32. The second-order valence-electron chi connectivity index (χ2n) is 11.9. The predicted octanol–water partition coefficient (Wildman–Crippen LogP) is 9.80. The lowest BCUT2D eigenvalue weighted by atomic mass is 9.92. The van der Waals surface area contributed by atoms with Gasteiger partial charge in [-0.3, -0.25) is 4.79 Å². The number of aryl methyl sites for hydroxylation is 2. The molecule has 0 aliphatic heterocycles. The fourth-order valence-electron chi connectivity index (χ4n) is 5.12. The molecule has 298 valence electrons. The summed E-state index contributed by atoms with van der Waals surface area (Å²) in [5, 5.41) is 10.8. The number of ether oxygens (including phenoxy) is 1. The van der Waals surface area contributed by atoms with E-state index >= 15 is 0 Å². The Bertz CT molecular complexity index is 1580. The first-order valence-electron chi connectivity index (χ1n) is 14.6. The lowest BCUT2D eigenvalue weighted by Crippen LogP contribution is -2.60. The Labute approximate surface area is 285 Å². The number of hydrogen-bond donors (Lipinski definition) is 2. The van der Waals surface area contributed by atoms with Crippen LogP contribution >= 0.6 is 0 Å². The zero-order valence-corrected chi connectivity index (χ0v) is 26.1. The summed E-state index contributed by atoms with van der Waals surface area (Å²) < 4.78 is 245. The van der Waals surface area contributed by atoms with Gasteiger partial charge in [0.05, 0.1) is 0 Å². The standard InChI is InChI=1S/C30H23F18NO4/c1-13(21(50)51)49-22(52)53-12-20-18-10-14(6-8-23(31,32)25(35,36)27(39,40)29(43,44)45)2-4-16(18)17-5-3-15(11-19(17)20)7-9-24(33,34)26(37,38)28(41,42)30(46,47)48/h2-5,10-11,13,20H,6-9,12H2,1H3,(H,49,52)(H,50,51)/t13-/m0/s1. The van der Waals surface area contributed by atoms with Gasteiger partial charge in [-0.05, 0) is 53.1 Å². The summed E-state index contributed by atoms with van der Waals surface area (Å²) in [6, 6.07) is 4.39. The SMILES string of the molecule is C[C@H](NC(=O)OCC1c2cc(CCC(F)(F)C(F)(F)C(F)(F)C(F)(F)F)ccc2-c2ccc(CCC(F)(F)C(F)(F)C(F)(F)C(F)(F)F)cc21)C(=O)O. The molecule has 2 N–H and O–H groups in total. The minimum atomic E-state index is -7.15. The number of alkyl halides is 18. The molecule has 0 unspecified atom stereocenters. The van der Waals surface area contributed by atoms with Crippen LogP contribution in [-0.4, -0.2) is 77.7 Å². The molecule has 0 spiro atoms. The van der Waals surface area contributed by atoms with Gasteiger partial charge in [0.25, 0.3) is 0 Å². The van der Waals surface area contributed by atoms with Crippen molar-refractivity contribution in [2.45, 2.75) is 92.5 Å². The van der Waals surface area contributed by atoms with Crippen molar-refractivity contribution in [1.29, 1.82) is 0 Å². The molecule has 53 heavy (non-hydrogen) atoms. The molecule has 1 amide bonds. The third-order valence-electron chi connectivity index (χ3n) is 8.23. The topological polar surface area (TPSA) is 75.6 Å². The smallest absolute Gasteiger partial charge is 0.460 e. The minimum Gasteiger partial charge on any atom is -0.480 e. The molecule has 0 radical (unpaired) electrons. The molecule has 1 aliphatic rings. The van der Waals surface area contributed by atoms with Crippen molar-refractivity contribution < 1.29 is 98.5 Å². The fourth-order valence-corrected chi connectivity index (χ4v) is 5.12. The number of carboxylic acids is 1. The molecule has 0 fully saturated rings. The lowest BCUT2D eigenvalue weighted by molar-refractivity contribution is -0.396. The van der Waals surface area contributed by atoms with Crippen LogP contribution in [0.3, 0.4) is 0 Å². The summed E-state index contributed by atoms with van der Waals surface area (Å²) in [6.07, 6.45) is -22.6. The number of rotatable bonds is 14. The van der Waals surface area contributed by atoms with Crippen molar-refractivity contribution in [3.8, 4) is 11.1 Å². The molecule has 2 aromatic carbocycles. The largest absolute Gasteiger partial charge is 0.480 e. The number of carboxylic acid groups (broad SMARTS) is 1. The van der Waals surface area contributed by atoms with Crippen LogP contribution < -0.4 is 5.32 Å². The number of halogens is 18. The van der Waals surface area contributed by atoms with Crippen molar-refractivity contribution in [3.05, 3.63) is 58.7 Å². The Morgan fingerprint density at radius 1 is 0.642 bits per heavy atom. The summed E-state index contributed by atoms with van der Waals surface area (Å²) >= 11 is 0. The van der Waals surface area contributed by atoms with E-state index in [-0.39, 0.29) is 22.3 Å². The number of hydrogen-bond acceptors (Lipinski definition) is 3. The van der Waals surface area contributed by atoms with Gasteiger partial charge in [-0.25, -0.2) is 4.79 Å². The van der Waals surface area contributed by atoms with Gasteiger partial charge >= 0.3 is 60.0 Å². The Balaban J connectivity index is 1.96. The molecular formula is C30H23F18NO4. The Hall–Kier alpha value is -4.08. The highest BCUT2D eigenvalue weighted by atomic mass is 19.4. The van der Waals surface area contributed by atoms with Crippen LogP contribution in [0, 0.1) is 0 Å². The second-order valence-corrected chi connectivity index (χ2v) is 11.9. The van der Waals surface area contributed by atoms with E-state index in [2.05, 4.69) is 0 Å². The first-order valence-corrected chi connectivity index (χ1v) is 14.6. The van der Waals surface area contributed by atoms with E-state index < -0.39 is 115 Å². The van der Waals surface area contributed by atoms with Crippen LogP contribution in [0.1, 0.15) is 47.9 Å². The van der Waals surface area contributed by atoms with Gasteiger partial charge in [0.2, 0.25) is 0 Å². The maximum absolute atomic E-state index is 14.2. The first-order chi connectivity index (χ1) is 23.7. The van der Waals surface area contributed by atoms with Crippen LogP contribution in [0.2, 0.25) is 0 Å². The van der Waals surface area contributed by atoms with Crippen molar-refractivity contribution in [1.82, 2.24) is 5.32 Å². The number of carbonyl (C=O) groups excluding carboxylic acids is 1. The van der Waals surface area contributed by atoms with E-state index in [0.717, 1.165) is 43.3 Å². The summed E-state index contributed by atoms with van der Waals surface area (Å²) in [5.41, 5.74) is -0.776. The van der Waals surface area contributed by atoms with Crippen molar-refractivity contribution >= 4 is 12.1 Å². The molecule has 0 aromatic heterocycles. The summed E-state index contributed by atoms with van der Waals surface area (Å²) in [6.45, 7) is 0.152. The predicted molar refractivity (Wildman–Crippen MR) is 144 cm³/mol. The minimum absolute atomic E-state index is 0.0777. The van der Waals surface area contributed by atoms with Crippen LogP contribution in [0.5, 0.6) is 0 Å². The van der Waals surface area contributed by atoms with Crippen molar-refractivity contribution in [2.75, 3.05) is 6.61 Å². The fraction of sp³-hybridized carbons (Fsp3) is 0.533. The van der Waals surface area contributed by atoms with E-state index in [1.54, 1.807) is 0 Å². The molecule has 0 saturated heterocycles. The molecule has 23 heteroatoms. The third kappa shape index (κ3) is 7.92. The maximum atomic E-state index is 14.2. The Morgan fingerprint density at radius 3 is 1.32 bits per heavy atom. The highest BCUT2D eigenvalue weighted by molar-refractivity contribution is 5.81. The zero-order valence-electron chi connectivity index (χ0n) is 26.1. The van der Waals surface area contributed by atoms with E-state index in [4.69, 9.17) is 9.84 Å². The van der Waals surface area contributed by atoms with Gasteiger partial charge in [-0.15, -0.1) is 0 Å². The Kier molecular flexibility index (Phi) is 11.4. The monoisotopic (exact) mass is 803 g/mol. The summed E-state index contributed by atoms with van der Waals surface area (Å²) in [5.74, 6) is -42.9. The van der Waals surface area contributed by atoms with E-state index in [1.165, 1.54) is 0 Å². The summed E-state index contributed by atoms with van der Waals surface area (Å²) in [4.78, 5) is 23.2. The molecule has 3 rings (SSSR count). The van der Waals surface area contributed by atoms with Gasteiger partial charge in [0.1, 0.15) is 12.6 Å². The molecule has 0 bridgehead atoms. The van der Waals surface area contributed by atoms with Gasteiger partial charge in [-0.1, -0.05) is 36.4 Å². The number of amides is 1. The normalized spacial score (nSPS) is 15.5. The Morgan fingerprint density at radius 2 is 1.00 bits per heavy atom. The second kappa shape index (κ2) is 14.0. The van der Waals surface area contributed by atoms with Crippen molar-refractivity contribution in [2.24, 2.45) is 0 Å². The van der Waals surface area contributed by atoms with E-state index in [1.807, 2.05) is 5.32 Å². The van der Waals surface area contributed by atoms with E-state index in [0.29, 0.717) is 0 Å². The summed E-state index contributed by atoms with van der Waals surface area (Å²) in [7, 11) is 0. The van der Waals surface area contributed by atoms with E-state index in [9.17, 15) is 88.6 Å². The first kappa shape index (κ1) is 43.3. The molecule has 0 heterocycles. The number of benzene rings is 2. The highest BCUT2D eigenvalue weighted by Gasteiger charge is 2.82.